The second-order valence-electron chi connectivity index (χ2n) is 5.50. The molecule has 0 spiro atoms. The molecule has 1 aliphatic heterocycles. The summed E-state index contributed by atoms with van der Waals surface area (Å²) >= 11 is 0. The lowest BCUT2D eigenvalue weighted by Crippen LogP contribution is -2.14. The molecule has 0 N–H and O–H groups in total. The van der Waals surface area contributed by atoms with Crippen LogP contribution in [0.3, 0.4) is 0 Å². The number of benzene rings is 2. The number of tetrazole rings is 1. The van der Waals surface area contributed by atoms with Gasteiger partial charge in [0.05, 0.1) is 17.2 Å². The van der Waals surface area contributed by atoms with Gasteiger partial charge in [-0.15, -0.1) is 5.10 Å². The van der Waals surface area contributed by atoms with Crippen molar-refractivity contribution in [2.24, 2.45) is 0 Å². The highest BCUT2D eigenvalue weighted by atomic mass is 16.7. The molecule has 132 valence electrons. The van der Waals surface area contributed by atoms with Gasteiger partial charge in [0.25, 0.3) is 5.69 Å². The highest BCUT2D eigenvalue weighted by molar-refractivity contribution is 5.50. The van der Waals surface area contributed by atoms with Gasteiger partial charge >= 0.3 is 0 Å². The molecule has 0 unspecified atom stereocenters. The largest absolute Gasteiger partial charge is 0.489 e. The van der Waals surface area contributed by atoms with E-state index in [4.69, 9.17) is 14.2 Å². The first kappa shape index (κ1) is 16.0. The first-order chi connectivity index (χ1) is 12.7. The second kappa shape index (κ2) is 6.76. The predicted octanol–water partition coefficient (Wildman–Crippen LogP) is 2.02. The zero-order valence-corrected chi connectivity index (χ0v) is 13.4. The Morgan fingerprint density at radius 3 is 3.04 bits per heavy atom. The van der Waals surface area contributed by atoms with E-state index in [9.17, 15) is 10.1 Å². The van der Waals surface area contributed by atoms with Crippen LogP contribution in [-0.4, -0.2) is 31.9 Å². The molecule has 1 aliphatic rings. The number of aromatic nitrogens is 4. The summed E-state index contributed by atoms with van der Waals surface area (Å²) in [7, 11) is 0. The van der Waals surface area contributed by atoms with Crippen LogP contribution in [0.4, 0.5) is 5.69 Å². The van der Waals surface area contributed by atoms with Crippen LogP contribution in [0.15, 0.2) is 42.7 Å². The van der Waals surface area contributed by atoms with Gasteiger partial charge in [0, 0.05) is 29.3 Å². The molecule has 4 rings (SSSR count). The Balaban J connectivity index is 1.59. The van der Waals surface area contributed by atoms with E-state index in [-0.39, 0.29) is 25.7 Å². The zero-order valence-electron chi connectivity index (χ0n) is 13.4. The minimum absolute atomic E-state index is 0.0288. The molecule has 1 aromatic heterocycles. The molecule has 0 atom stereocenters. The molecule has 0 saturated carbocycles. The molecule has 0 aliphatic carbocycles. The van der Waals surface area contributed by atoms with Gasteiger partial charge in [0.1, 0.15) is 24.4 Å². The minimum atomic E-state index is -0.448. The Morgan fingerprint density at radius 1 is 1.31 bits per heavy atom. The molecule has 0 amide bonds. The Bertz CT molecular complexity index is 944. The highest BCUT2D eigenvalue weighted by Crippen LogP contribution is 2.33. The summed E-state index contributed by atoms with van der Waals surface area (Å²) < 4.78 is 18.0. The number of hydrogen-bond donors (Lipinski definition) is 0. The monoisotopic (exact) mass is 355 g/mol. The lowest BCUT2D eigenvalue weighted by molar-refractivity contribution is -0.385. The van der Waals surface area contributed by atoms with Crippen molar-refractivity contribution in [1.82, 2.24) is 20.2 Å². The molecule has 0 saturated heterocycles. The Kier molecular flexibility index (Phi) is 4.15. The third-order valence-electron chi connectivity index (χ3n) is 3.81. The fourth-order valence-corrected chi connectivity index (χ4v) is 2.65. The third-order valence-corrected chi connectivity index (χ3v) is 3.81. The molecule has 3 aromatic rings. The van der Waals surface area contributed by atoms with Crippen molar-refractivity contribution in [3.8, 4) is 17.2 Å². The van der Waals surface area contributed by atoms with Crippen LogP contribution in [0.2, 0.25) is 0 Å². The fourth-order valence-electron chi connectivity index (χ4n) is 2.65. The summed E-state index contributed by atoms with van der Waals surface area (Å²) in [6, 6.07) is 10.1. The Morgan fingerprint density at radius 2 is 2.23 bits per heavy atom. The van der Waals surface area contributed by atoms with Gasteiger partial charge in [-0.3, -0.25) is 10.1 Å². The molecular formula is C16H13N5O5. The van der Waals surface area contributed by atoms with Crippen molar-refractivity contribution in [3.05, 3.63) is 64.0 Å². The first-order valence-corrected chi connectivity index (χ1v) is 7.67. The maximum atomic E-state index is 11.2. The van der Waals surface area contributed by atoms with Gasteiger partial charge in [-0.1, -0.05) is 6.07 Å². The van der Waals surface area contributed by atoms with Crippen LogP contribution < -0.4 is 9.47 Å². The number of nitrogens with zero attached hydrogens (tertiary/aromatic N) is 5. The number of fused-ring (bicyclic) bond motifs is 1. The quantitative estimate of drug-likeness (QED) is 0.504. The minimum Gasteiger partial charge on any atom is -0.489 e. The third kappa shape index (κ3) is 3.17. The number of hydrogen-bond acceptors (Lipinski definition) is 8. The smallest absolute Gasteiger partial charge is 0.270 e. The summed E-state index contributed by atoms with van der Waals surface area (Å²) in [4.78, 5) is 10.7. The van der Waals surface area contributed by atoms with Crippen molar-refractivity contribution in [2.75, 3.05) is 6.79 Å². The molecule has 10 heteroatoms. The summed E-state index contributed by atoms with van der Waals surface area (Å²) in [6.45, 7) is 0.481. The van der Waals surface area contributed by atoms with Crippen molar-refractivity contribution in [1.29, 1.82) is 0 Å². The molecule has 2 aromatic carbocycles. The van der Waals surface area contributed by atoms with Gasteiger partial charge in [0.15, 0.2) is 6.79 Å². The van der Waals surface area contributed by atoms with Crippen LogP contribution in [0.1, 0.15) is 11.1 Å². The topological polar surface area (TPSA) is 114 Å². The molecular weight excluding hydrogens is 342 g/mol. The van der Waals surface area contributed by atoms with Crippen LogP contribution in [0.25, 0.3) is 5.69 Å². The average molecular weight is 355 g/mol. The number of non-ortho nitro benzene ring substituents is 1. The average Bonchev–Trinajstić information content (AvgIpc) is 3.21. The second-order valence-corrected chi connectivity index (χ2v) is 5.50. The zero-order chi connectivity index (χ0) is 17.9. The summed E-state index contributed by atoms with van der Waals surface area (Å²) in [5.41, 5.74) is 1.92. The number of rotatable bonds is 5. The maximum absolute atomic E-state index is 11.2. The Hall–Kier alpha value is -3.53. The van der Waals surface area contributed by atoms with E-state index >= 15 is 0 Å². The van der Waals surface area contributed by atoms with E-state index in [1.807, 2.05) is 6.07 Å². The summed E-state index contributed by atoms with van der Waals surface area (Å²) in [5, 5.41) is 22.2. The van der Waals surface area contributed by atoms with Gasteiger partial charge in [0.2, 0.25) is 0 Å². The fraction of sp³-hybridized carbons (Fsp3) is 0.188. The number of nitro benzene ring substituents is 1. The van der Waals surface area contributed by atoms with Crippen LogP contribution in [0.5, 0.6) is 11.5 Å². The first-order valence-electron chi connectivity index (χ1n) is 7.67. The molecule has 0 fully saturated rings. The van der Waals surface area contributed by atoms with E-state index in [1.54, 1.807) is 18.2 Å². The van der Waals surface area contributed by atoms with Crippen molar-refractivity contribution in [3.63, 3.8) is 0 Å². The molecule has 2 heterocycles. The lowest BCUT2D eigenvalue weighted by atomic mass is 10.1. The SMILES string of the molecule is O=[N+]([O-])c1cc2c(c(COc3cccc(-n4cnnn4)c3)c1)OCOC2. The van der Waals surface area contributed by atoms with E-state index in [1.165, 1.54) is 23.1 Å². The summed E-state index contributed by atoms with van der Waals surface area (Å²) in [6.07, 6.45) is 1.48. The Labute approximate surface area is 147 Å². The molecule has 26 heavy (non-hydrogen) atoms. The highest BCUT2D eigenvalue weighted by Gasteiger charge is 2.21. The summed E-state index contributed by atoms with van der Waals surface area (Å²) in [5.74, 6) is 1.14. The van der Waals surface area contributed by atoms with Crippen molar-refractivity contribution < 1.29 is 19.1 Å². The van der Waals surface area contributed by atoms with Crippen molar-refractivity contribution in [2.45, 2.75) is 13.2 Å². The van der Waals surface area contributed by atoms with Crippen LogP contribution >= 0.6 is 0 Å². The van der Waals surface area contributed by atoms with E-state index < -0.39 is 4.92 Å². The molecule has 10 nitrogen and oxygen atoms in total. The molecule has 0 bridgehead atoms. The standard InChI is InChI=1S/C16H13N5O5/c22-21(23)14-4-11-7-24-10-26-16(11)12(5-14)8-25-15-3-1-2-13(6-15)20-9-17-18-19-20/h1-6,9H,7-8,10H2. The predicted molar refractivity (Wildman–Crippen MR) is 86.9 cm³/mol. The van der Waals surface area contributed by atoms with E-state index in [0.717, 1.165) is 5.69 Å². The van der Waals surface area contributed by atoms with E-state index in [0.29, 0.717) is 22.6 Å². The molecule has 0 radical (unpaired) electrons. The van der Waals surface area contributed by atoms with Gasteiger partial charge < -0.3 is 14.2 Å². The van der Waals surface area contributed by atoms with Gasteiger partial charge in [-0.25, -0.2) is 4.68 Å². The van der Waals surface area contributed by atoms with Crippen LogP contribution in [-0.2, 0) is 18.0 Å². The lowest BCUT2D eigenvalue weighted by Gasteiger charge is -2.20. The van der Waals surface area contributed by atoms with Gasteiger partial charge in [-0.05, 0) is 22.6 Å². The number of nitro groups is 1. The van der Waals surface area contributed by atoms with Gasteiger partial charge in [-0.2, -0.15) is 0 Å². The van der Waals surface area contributed by atoms with Crippen LogP contribution in [0, 0.1) is 10.1 Å². The maximum Gasteiger partial charge on any atom is 0.270 e. The van der Waals surface area contributed by atoms with E-state index in [2.05, 4.69) is 15.5 Å². The number of ether oxygens (including phenoxy) is 3. The normalized spacial score (nSPS) is 12.9. The van der Waals surface area contributed by atoms with Crippen molar-refractivity contribution >= 4 is 5.69 Å².